The van der Waals surface area contributed by atoms with Gasteiger partial charge in [0.2, 0.25) is 0 Å². The number of hydrogen-bond acceptors (Lipinski definition) is 5. The molecule has 1 aromatic heterocycles. The zero-order valence-corrected chi connectivity index (χ0v) is 12.2. The monoisotopic (exact) mass is 285 g/mol. The van der Waals surface area contributed by atoms with Gasteiger partial charge in [0.15, 0.2) is 0 Å². The first kappa shape index (κ1) is 15.6. The molecule has 1 rings (SSSR count). The SMILES string of the molecule is CCC(CC)(CN)NC(=O)c1cc([N+](=O)[O-])c(C)s1. The third-order valence-electron chi connectivity index (χ3n) is 3.44. The number of nitrogens with zero attached hydrogens (tertiary/aromatic N) is 1. The van der Waals surface area contributed by atoms with Crippen molar-refractivity contribution in [3.63, 3.8) is 0 Å². The van der Waals surface area contributed by atoms with Crippen molar-refractivity contribution in [1.82, 2.24) is 5.32 Å². The molecule has 0 aliphatic carbocycles. The molecule has 106 valence electrons. The fourth-order valence-corrected chi connectivity index (χ4v) is 2.72. The highest BCUT2D eigenvalue weighted by atomic mass is 32.1. The minimum absolute atomic E-state index is 0.0125. The summed E-state index contributed by atoms with van der Waals surface area (Å²) in [6.45, 7) is 5.89. The molecule has 6 nitrogen and oxygen atoms in total. The van der Waals surface area contributed by atoms with Gasteiger partial charge in [-0.05, 0) is 19.8 Å². The summed E-state index contributed by atoms with van der Waals surface area (Å²) >= 11 is 1.13. The van der Waals surface area contributed by atoms with Crippen molar-refractivity contribution in [2.45, 2.75) is 39.2 Å². The summed E-state index contributed by atoms with van der Waals surface area (Å²) in [5, 5.41) is 13.7. The molecule has 1 aromatic rings. The number of carbonyl (C=O) groups is 1. The molecule has 19 heavy (non-hydrogen) atoms. The van der Waals surface area contributed by atoms with E-state index in [1.807, 2.05) is 13.8 Å². The van der Waals surface area contributed by atoms with Crippen LogP contribution in [0.25, 0.3) is 0 Å². The Labute approximate surface area is 116 Å². The molecule has 0 unspecified atom stereocenters. The van der Waals surface area contributed by atoms with Gasteiger partial charge in [0.1, 0.15) is 0 Å². The highest BCUT2D eigenvalue weighted by molar-refractivity contribution is 7.14. The number of rotatable bonds is 6. The molecule has 0 atom stereocenters. The van der Waals surface area contributed by atoms with E-state index in [4.69, 9.17) is 5.73 Å². The van der Waals surface area contributed by atoms with Gasteiger partial charge in [-0.1, -0.05) is 13.8 Å². The van der Waals surface area contributed by atoms with Crippen LogP contribution in [0.4, 0.5) is 5.69 Å². The Bertz CT molecular complexity index is 472. The molecule has 0 saturated carbocycles. The third-order valence-corrected chi connectivity index (χ3v) is 4.47. The lowest BCUT2D eigenvalue weighted by atomic mass is 9.93. The minimum Gasteiger partial charge on any atom is -0.345 e. The average molecular weight is 285 g/mol. The number of carbonyl (C=O) groups excluding carboxylic acids is 1. The van der Waals surface area contributed by atoms with Crippen LogP contribution < -0.4 is 11.1 Å². The van der Waals surface area contributed by atoms with Crippen LogP contribution in [0, 0.1) is 17.0 Å². The Balaban J connectivity index is 2.95. The van der Waals surface area contributed by atoms with Crippen LogP contribution in [0.1, 0.15) is 41.2 Å². The zero-order valence-electron chi connectivity index (χ0n) is 11.4. The topological polar surface area (TPSA) is 98.3 Å². The van der Waals surface area contributed by atoms with Gasteiger partial charge in [0.05, 0.1) is 20.2 Å². The molecule has 0 aromatic carbocycles. The van der Waals surface area contributed by atoms with Crippen molar-refractivity contribution in [3.05, 3.63) is 25.9 Å². The Morgan fingerprint density at radius 2 is 2.11 bits per heavy atom. The van der Waals surface area contributed by atoms with E-state index < -0.39 is 10.5 Å². The van der Waals surface area contributed by atoms with E-state index >= 15 is 0 Å². The molecule has 0 fully saturated rings. The maximum atomic E-state index is 12.1. The standard InChI is InChI=1S/C12H19N3O3S/c1-4-12(5-2,7-13)14-11(16)10-6-9(15(17)18)8(3)19-10/h6H,4-5,7,13H2,1-3H3,(H,14,16). The molecule has 0 aliphatic rings. The first-order valence-corrected chi connectivity index (χ1v) is 6.98. The van der Waals surface area contributed by atoms with Crippen LogP contribution in [0.2, 0.25) is 0 Å². The first-order valence-electron chi connectivity index (χ1n) is 6.16. The van der Waals surface area contributed by atoms with Gasteiger partial charge in [0.25, 0.3) is 11.6 Å². The van der Waals surface area contributed by atoms with Crippen LogP contribution in [-0.4, -0.2) is 22.9 Å². The lowest BCUT2D eigenvalue weighted by molar-refractivity contribution is -0.385. The van der Waals surface area contributed by atoms with Crippen molar-refractivity contribution in [2.24, 2.45) is 5.73 Å². The van der Waals surface area contributed by atoms with Crippen molar-refractivity contribution >= 4 is 22.9 Å². The Kier molecular flexibility index (Phi) is 5.02. The summed E-state index contributed by atoms with van der Waals surface area (Å²) in [5.41, 5.74) is 5.27. The van der Waals surface area contributed by atoms with Gasteiger partial charge >= 0.3 is 0 Å². The molecule has 0 spiro atoms. The van der Waals surface area contributed by atoms with Crippen molar-refractivity contribution in [1.29, 1.82) is 0 Å². The second kappa shape index (κ2) is 6.12. The number of thiophene rings is 1. The highest BCUT2D eigenvalue weighted by Gasteiger charge is 2.28. The molecule has 0 aliphatic heterocycles. The van der Waals surface area contributed by atoms with Crippen LogP contribution in [0.15, 0.2) is 6.07 Å². The van der Waals surface area contributed by atoms with Crippen LogP contribution in [0.3, 0.4) is 0 Å². The molecular formula is C12H19N3O3S. The van der Waals surface area contributed by atoms with Gasteiger partial charge in [0, 0.05) is 12.6 Å². The fourth-order valence-electron chi connectivity index (χ4n) is 1.83. The van der Waals surface area contributed by atoms with E-state index in [1.54, 1.807) is 6.92 Å². The van der Waals surface area contributed by atoms with Gasteiger partial charge in [-0.25, -0.2) is 0 Å². The average Bonchev–Trinajstić information content (AvgIpc) is 2.78. The van der Waals surface area contributed by atoms with Crippen molar-refractivity contribution in [2.75, 3.05) is 6.54 Å². The summed E-state index contributed by atoms with van der Waals surface area (Å²) in [7, 11) is 0. The maximum Gasteiger partial charge on any atom is 0.283 e. The largest absolute Gasteiger partial charge is 0.345 e. The third kappa shape index (κ3) is 3.30. The summed E-state index contributed by atoms with van der Waals surface area (Å²) in [6.07, 6.45) is 1.44. The van der Waals surface area contributed by atoms with E-state index in [-0.39, 0.29) is 11.6 Å². The van der Waals surface area contributed by atoms with Gasteiger partial charge in [-0.15, -0.1) is 11.3 Å². The molecule has 0 bridgehead atoms. The summed E-state index contributed by atoms with van der Waals surface area (Å²) in [6, 6.07) is 1.32. The van der Waals surface area contributed by atoms with Gasteiger partial charge < -0.3 is 11.1 Å². The second-order valence-electron chi connectivity index (χ2n) is 4.45. The highest BCUT2D eigenvalue weighted by Crippen LogP contribution is 2.28. The van der Waals surface area contributed by atoms with Gasteiger partial charge in [-0.2, -0.15) is 0 Å². The van der Waals surface area contributed by atoms with Crippen molar-refractivity contribution < 1.29 is 9.72 Å². The smallest absolute Gasteiger partial charge is 0.283 e. The zero-order chi connectivity index (χ0) is 14.6. The molecule has 1 heterocycles. The summed E-state index contributed by atoms with van der Waals surface area (Å²) in [4.78, 5) is 23.3. The van der Waals surface area contributed by atoms with Crippen molar-refractivity contribution in [3.8, 4) is 0 Å². The quantitative estimate of drug-likeness (QED) is 0.618. The number of nitrogens with two attached hydrogens (primary N) is 1. The van der Waals surface area contributed by atoms with Crippen LogP contribution in [-0.2, 0) is 0 Å². The maximum absolute atomic E-state index is 12.1. The van der Waals surface area contributed by atoms with E-state index in [0.717, 1.165) is 24.2 Å². The lowest BCUT2D eigenvalue weighted by Gasteiger charge is -2.31. The summed E-state index contributed by atoms with van der Waals surface area (Å²) < 4.78 is 0. The Hall–Kier alpha value is -1.47. The predicted molar refractivity (Wildman–Crippen MR) is 75.5 cm³/mol. The molecule has 1 amide bonds. The summed E-state index contributed by atoms with van der Waals surface area (Å²) in [5.74, 6) is -0.296. The number of hydrogen-bond donors (Lipinski definition) is 2. The molecule has 0 radical (unpaired) electrons. The number of nitrogens with one attached hydrogen (secondary N) is 1. The van der Waals surface area contributed by atoms with Crippen LogP contribution >= 0.6 is 11.3 Å². The Morgan fingerprint density at radius 3 is 2.47 bits per heavy atom. The van der Waals surface area contributed by atoms with E-state index in [9.17, 15) is 14.9 Å². The molecule has 7 heteroatoms. The lowest BCUT2D eigenvalue weighted by Crippen LogP contribution is -2.52. The van der Waals surface area contributed by atoms with E-state index in [0.29, 0.717) is 16.3 Å². The van der Waals surface area contributed by atoms with Crippen LogP contribution in [0.5, 0.6) is 0 Å². The Morgan fingerprint density at radius 1 is 1.53 bits per heavy atom. The van der Waals surface area contributed by atoms with E-state index in [2.05, 4.69) is 5.32 Å². The second-order valence-corrected chi connectivity index (χ2v) is 5.71. The predicted octanol–water partition coefficient (Wildman–Crippen LogP) is 2.21. The fraction of sp³-hybridized carbons (Fsp3) is 0.583. The van der Waals surface area contributed by atoms with Gasteiger partial charge in [-0.3, -0.25) is 14.9 Å². The number of amides is 1. The molecule has 3 N–H and O–H groups in total. The first-order chi connectivity index (χ1) is 8.89. The molecular weight excluding hydrogens is 266 g/mol. The number of aryl methyl sites for hydroxylation is 1. The van der Waals surface area contributed by atoms with E-state index in [1.165, 1.54) is 6.07 Å². The minimum atomic E-state index is -0.474. The normalized spacial score (nSPS) is 11.4. The molecule has 0 saturated heterocycles. The number of nitro groups is 1.